The zero-order chi connectivity index (χ0) is 12.3. The number of nitrogens with two attached hydrogens (primary N) is 1. The Bertz CT molecular complexity index is 416. The van der Waals surface area contributed by atoms with Crippen LogP contribution in [0.4, 0.5) is 5.69 Å². The summed E-state index contributed by atoms with van der Waals surface area (Å²) in [4.78, 5) is 10.4. The van der Waals surface area contributed by atoms with Crippen LogP contribution in [-0.4, -0.2) is 11.5 Å². The zero-order valence-corrected chi connectivity index (χ0v) is 9.59. The number of benzene rings is 1. The summed E-state index contributed by atoms with van der Waals surface area (Å²) in [6, 6.07) is 4.78. The lowest BCUT2D eigenvalue weighted by molar-refractivity contribution is -0.385. The van der Waals surface area contributed by atoms with Crippen molar-refractivity contribution >= 4 is 5.69 Å². The van der Waals surface area contributed by atoms with Gasteiger partial charge in [-0.3, -0.25) is 10.1 Å². The lowest BCUT2D eigenvalue weighted by Gasteiger charge is -2.25. The molecule has 0 aliphatic heterocycles. The predicted octanol–water partition coefficient (Wildman–Crippen LogP) is 2.23. The Morgan fingerprint density at radius 3 is 2.76 bits per heavy atom. The smallest absolute Gasteiger partial charge is 0.310 e. The molecule has 0 unspecified atom stereocenters. The highest BCUT2D eigenvalue weighted by molar-refractivity contribution is 5.48. The molecule has 92 valence electrons. The SMILES string of the molecule is NCc1ccc([N+](=O)[O-])c(OCC2CCC2)c1. The highest BCUT2D eigenvalue weighted by Crippen LogP contribution is 2.31. The Balaban J connectivity index is 2.12. The van der Waals surface area contributed by atoms with Crippen molar-refractivity contribution in [2.24, 2.45) is 11.7 Å². The van der Waals surface area contributed by atoms with Crippen molar-refractivity contribution in [2.75, 3.05) is 6.61 Å². The molecule has 0 atom stereocenters. The molecule has 2 rings (SSSR count). The lowest BCUT2D eigenvalue weighted by atomic mass is 9.86. The molecule has 1 aliphatic carbocycles. The van der Waals surface area contributed by atoms with Crippen LogP contribution in [0.25, 0.3) is 0 Å². The van der Waals surface area contributed by atoms with E-state index in [2.05, 4.69) is 0 Å². The van der Waals surface area contributed by atoms with Crippen LogP contribution in [0.1, 0.15) is 24.8 Å². The highest BCUT2D eigenvalue weighted by Gasteiger charge is 2.21. The third kappa shape index (κ3) is 2.74. The molecule has 1 aromatic carbocycles. The molecule has 1 fully saturated rings. The lowest BCUT2D eigenvalue weighted by Crippen LogP contribution is -2.19. The van der Waals surface area contributed by atoms with Gasteiger partial charge in [0.25, 0.3) is 0 Å². The maximum Gasteiger partial charge on any atom is 0.310 e. The Morgan fingerprint density at radius 1 is 1.47 bits per heavy atom. The first-order valence-electron chi connectivity index (χ1n) is 5.81. The standard InChI is InChI=1S/C12H16N2O3/c13-7-10-4-5-11(14(15)16)12(6-10)17-8-9-2-1-3-9/h4-6,9H,1-3,7-8,13H2. The van der Waals surface area contributed by atoms with E-state index in [1.165, 1.54) is 12.5 Å². The zero-order valence-electron chi connectivity index (χ0n) is 9.59. The summed E-state index contributed by atoms with van der Waals surface area (Å²) in [7, 11) is 0. The molecule has 1 aromatic rings. The van der Waals surface area contributed by atoms with Gasteiger partial charge in [0.05, 0.1) is 11.5 Å². The maximum atomic E-state index is 10.8. The van der Waals surface area contributed by atoms with Gasteiger partial charge in [0.1, 0.15) is 0 Å². The summed E-state index contributed by atoms with van der Waals surface area (Å²) < 4.78 is 5.55. The van der Waals surface area contributed by atoms with Gasteiger partial charge in [-0.15, -0.1) is 0 Å². The van der Waals surface area contributed by atoms with Gasteiger partial charge in [-0.2, -0.15) is 0 Å². The van der Waals surface area contributed by atoms with Crippen LogP contribution >= 0.6 is 0 Å². The molecule has 0 saturated heterocycles. The molecule has 0 bridgehead atoms. The van der Waals surface area contributed by atoms with Gasteiger partial charge >= 0.3 is 5.69 Å². The van der Waals surface area contributed by atoms with E-state index >= 15 is 0 Å². The summed E-state index contributed by atoms with van der Waals surface area (Å²) in [6.45, 7) is 0.923. The Hall–Kier alpha value is -1.62. The molecule has 17 heavy (non-hydrogen) atoms. The average Bonchev–Trinajstić information content (AvgIpc) is 2.26. The van der Waals surface area contributed by atoms with Gasteiger partial charge in [-0.25, -0.2) is 0 Å². The molecular formula is C12H16N2O3. The normalized spacial score (nSPS) is 15.4. The van der Waals surface area contributed by atoms with E-state index in [1.54, 1.807) is 12.1 Å². The summed E-state index contributed by atoms with van der Waals surface area (Å²) in [5.74, 6) is 0.890. The summed E-state index contributed by atoms with van der Waals surface area (Å²) >= 11 is 0. The number of rotatable bonds is 5. The van der Waals surface area contributed by atoms with Crippen LogP contribution < -0.4 is 10.5 Å². The van der Waals surface area contributed by atoms with E-state index in [0.717, 1.165) is 18.4 Å². The molecule has 1 aliphatic rings. The third-order valence-electron chi connectivity index (χ3n) is 3.16. The molecule has 0 amide bonds. The largest absolute Gasteiger partial charge is 0.487 e. The second-order valence-corrected chi connectivity index (χ2v) is 4.37. The van der Waals surface area contributed by atoms with Crippen LogP contribution in [0.5, 0.6) is 5.75 Å². The van der Waals surface area contributed by atoms with Gasteiger partial charge in [0.15, 0.2) is 5.75 Å². The van der Waals surface area contributed by atoms with Crippen LogP contribution in [0, 0.1) is 16.0 Å². The van der Waals surface area contributed by atoms with Gasteiger partial charge in [-0.05, 0) is 30.4 Å². The van der Waals surface area contributed by atoms with Crippen LogP contribution in [0.15, 0.2) is 18.2 Å². The molecule has 0 aromatic heterocycles. The molecule has 0 heterocycles. The monoisotopic (exact) mass is 236 g/mol. The van der Waals surface area contributed by atoms with Crippen molar-refractivity contribution in [3.05, 3.63) is 33.9 Å². The molecule has 5 nitrogen and oxygen atoms in total. The first-order chi connectivity index (χ1) is 8.20. The Kier molecular flexibility index (Phi) is 3.58. The quantitative estimate of drug-likeness (QED) is 0.628. The Labute approximate surface area is 99.7 Å². The van der Waals surface area contributed by atoms with Crippen molar-refractivity contribution in [1.82, 2.24) is 0 Å². The second kappa shape index (κ2) is 5.14. The van der Waals surface area contributed by atoms with Crippen LogP contribution in [-0.2, 0) is 6.54 Å². The summed E-state index contributed by atoms with van der Waals surface area (Å²) in [5.41, 5.74) is 6.37. The molecule has 0 spiro atoms. The number of nitro groups is 1. The van der Waals surface area contributed by atoms with E-state index < -0.39 is 4.92 Å². The first-order valence-corrected chi connectivity index (χ1v) is 5.81. The minimum atomic E-state index is -0.420. The fourth-order valence-corrected chi connectivity index (χ4v) is 1.82. The predicted molar refractivity (Wildman–Crippen MR) is 63.8 cm³/mol. The van der Waals surface area contributed by atoms with Gasteiger partial charge in [0.2, 0.25) is 0 Å². The fourth-order valence-electron chi connectivity index (χ4n) is 1.82. The van der Waals surface area contributed by atoms with Crippen molar-refractivity contribution in [2.45, 2.75) is 25.8 Å². The van der Waals surface area contributed by atoms with Gasteiger partial charge < -0.3 is 10.5 Å². The van der Waals surface area contributed by atoms with Crippen molar-refractivity contribution in [3.8, 4) is 5.75 Å². The fraction of sp³-hybridized carbons (Fsp3) is 0.500. The van der Waals surface area contributed by atoms with E-state index in [4.69, 9.17) is 10.5 Å². The number of ether oxygens (including phenoxy) is 1. The van der Waals surface area contributed by atoms with Crippen molar-refractivity contribution in [1.29, 1.82) is 0 Å². The summed E-state index contributed by atoms with van der Waals surface area (Å²) in [5, 5.41) is 10.8. The number of hydrogen-bond donors (Lipinski definition) is 1. The van der Waals surface area contributed by atoms with E-state index in [1.807, 2.05) is 0 Å². The average molecular weight is 236 g/mol. The highest BCUT2D eigenvalue weighted by atomic mass is 16.6. The molecule has 2 N–H and O–H groups in total. The minimum Gasteiger partial charge on any atom is -0.487 e. The number of nitro benzene ring substituents is 1. The molecule has 0 radical (unpaired) electrons. The van der Waals surface area contributed by atoms with E-state index in [0.29, 0.717) is 24.8 Å². The number of nitrogens with zero attached hydrogens (tertiary/aromatic N) is 1. The Morgan fingerprint density at radius 2 is 2.24 bits per heavy atom. The van der Waals surface area contributed by atoms with Crippen LogP contribution in [0.3, 0.4) is 0 Å². The van der Waals surface area contributed by atoms with Gasteiger partial charge in [-0.1, -0.05) is 12.5 Å². The van der Waals surface area contributed by atoms with Crippen LogP contribution in [0.2, 0.25) is 0 Å². The first kappa shape index (κ1) is 11.9. The van der Waals surface area contributed by atoms with Crippen molar-refractivity contribution in [3.63, 3.8) is 0 Å². The number of hydrogen-bond acceptors (Lipinski definition) is 4. The van der Waals surface area contributed by atoms with E-state index in [-0.39, 0.29) is 5.69 Å². The summed E-state index contributed by atoms with van der Waals surface area (Å²) in [6.07, 6.45) is 3.55. The molecule has 5 heteroatoms. The second-order valence-electron chi connectivity index (χ2n) is 4.37. The van der Waals surface area contributed by atoms with E-state index in [9.17, 15) is 10.1 Å². The van der Waals surface area contributed by atoms with Gasteiger partial charge in [0, 0.05) is 12.6 Å². The van der Waals surface area contributed by atoms with Crippen molar-refractivity contribution < 1.29 is 9.66 Å². The maximum absolute atomic E-state index is 10.8. The topological polar surface area (TPSA) is 78.4 Å². The molecular weight excluding hydrogens is 220 g/mol. The minimum absolute atomic E-state index is 0.0153. The molecule has 1 saturated carbocycles. The third-order valence-corrected chi connectivity index (χ3v) is 3.16.